The molecule has 0 fully saturated rings. The molecule has 0 aliphatic rings. The Morgan fingerprint density at radius 1 is 1.20 bits per heavy atom. The molecule has 2 aromatic heterocycles. The predicted molar refractivity (Wildman–Crippen MR) is 64.1 cm³/mol. The Morgan fingerprint density at radius 3 is 2.73 bits per heavy atom. The largest absolute Gasteiger partial charge is 0.357 e. The molecular weight excluding hydrogens is 184 g/mol. The summed E-state index contributed by atoms with van der Waals surface area (Å²) in [5.74, 6) is 0. The molecule has 0 bridgehead atoms. The molecule has 2 heterocycles. The molecule has 2 nitrogen and oxygen atoms in total. The molecule has 0 aliphatic carbocycles. The monoisotopic (exact) mass is 202 g/mol. The van der Waals surface area contributed by atoms with E-state index in [1.54, 1.807) is 0 Å². The summed E-state index contributed by atoms with van der Waals surface area (Å²) in [6.07, 6.45) is 8.50. The van der Waals surface area contributed by atoms with E-state index >= 15 is 0 Å². The topological polar surface area (TPSA) is 28.7 Å². The Balaban J connectivity index is 2.53. The minimum absolute atomic E-state index is 1.14. The highest BCUT2D eigenvalue weighted by Gasteiger charge is 2.09. The van der Waals surface area contributed by atoms with E-state index in [4.69, 9.17) is 0 Å². The summed E-state index contributed by atoms with van der Waals surface area (Å²) >= 11 is 0. The maximum Gasteiger partial charge on any atom is 0.0645 e. The highest BCUT2D eigenvalue weighted by molar-refractivity contribution is 5.83. The number of nitrogens with zero attached hydrogens (tertiary/aromatic N) is 1. The number of fused-ring (bicyclic) bond motifs is 1. The van der Waals surface area contributed by atoms with E-state index in [1.807, 2.05) is 12.4 Å². The van der Waals surface area contributed by atoms with Crippen LogP contribution in [0.5, 0.6) is 0 Å². The predicted octanol–water partition coefficient (Wildman–Crippen LogP) is 3.47. The zero-order valence-corrected chi connectivity index (χ0v) is 9.51. The van der Waals surface area contributed by atoms with E-state index in [0.717, 1.165) is 6.42 Å². The van der Waals surface area contributed by atoms with Crippen LogP contribution in [0, 0.1) is 0 Å². The molecular formula is C13H18N2. The smallest absolute Gasteiger partial charge is 0.0645 e. The van der Waals surface area contributed by atoms with Crippen LogP contribution >= 0.6 is 0 Å². The van der Waals surface area contributed by atoms with Gasteiger partial charge >= 0.3 is 0 Å². The van der Waals surface area contributed by atoms with Crippen molar-refractivity contribution in [1.82, 2.24) is 9.97 Å². The van der Waals surface area contributed by atoms with E-state index in [1.165, 1.54) is 41.4 Å². The molecule has 0 aliphatic heterocycles. The van der Waals surface area contributed by atoms with Crippen molar-refractivity contribution in [2.45, 2.75) is 39.5 Å². The number of nitrogens with one attached hydrogen (secondary N) is 1. The third kappa shape index (κ3) is 1.89. The quantitative estimate of drug-likeness (QED) is 0.808. The second-order valence-corrected chi connectivity index (χ2v) is 4.00. The van der Waals surface area contributed by atoms with Crippen LogP contribution in [0.25, 0.3) is 10.9 Å². The van der Waals surface area contributed by atoms with Crippen LogP contribution in [0.15, 0.2) is 18.5 Å². The van der Waals surface area contributed by atoms with Crippen LogP contribution in [0.4, 0.5) is 0 Å². The highest BCUT2D eigenvalue weighted by Crippen LogP contribution is 2.23. The number of H-pyrrole nitrogens is 1. The zero-order valence-electron chi connectivity index (χ0n) is 9.51. The Morgan fingerprint density at radius 2 is 2.00 bits per heavy atom. The number of aromatic nitrogens is 2. The van der Waals surface area contributed by atoms with Crippen molar-refractivity contribution < 1.29 is 0 Å². The van der Waals surface area contributed by atoms with Crippen LogP contribution in [-0.2, 0) is 12.8 Å². The summed E-state index contributed by atoms with van der Waals surface area (Å²) in [6, 6.07) is 2.12. The van der Waals surface area contributed by atoms with E-state index < -0.39 is 0 Å². The molecule has 15 heavy (non-hydrogen) atoms. The van der Waals surface area contributed by atoms with Gasteiger partial charge in [-0.25, -0.2) is 0 Å². The number of hydrogen-bond donors (Lipinski definition) is 1. The lowest BCUT2D eigenvalue weighted by atomic mass is 10.0. The summed E-state index contributed by atoms with van der Waals surface area (Å²) in [4.78, 5) is 7.64. The number of pyridine rings is 1. The van der Waals surface area contributed by atoms with Gasteiger partial charge in [0.2, 0.25) is 0 Å². The minimum Gasteiger partial charge on any atom is -0.357 e. The molecule has 0 saturated carbocycles. The first-order valence-electron chi connectivity index (χ1n) is 5.80. The Kier molecular flexibility index (Phi) is 3.05. The maximum absolute atomic E-state index is 4.16. The van der Waals surface area contributed by atoms with Gasteiger partial charge in [0.15, 0.2) is 0 Å². The van der Waals surface area contributed by atoms with Crippen LogP contribution in [0.3, 0.4) is 0 Å². The number of rotatable bonds is 4. The van der Waals surface area contributed by atoms with Crippen LogP contribution < -0.4 is 0 Å². The first kappa shape index (κ1) is 10.2. The molecule has 0 unspecified atom stereocenters. The van der Waals surface area contributed by atoms with Crippen LogP contribution in [0.2, 0.25) is 0 Å². The number of hydrogen-bond acceptors (Lipinski definition) is 1. The Bertz CT molecular complexity index is 443. The van der Waals surface area contributed by atoms with Gasteiger partial charge < -0.3 is 4.98 Å². The van der Waals surface area contributed by atoms with E-state index in [0.29, 0.717) is 0 Å². The highest BCUT2D eigenvalue weighted by atomic mass is 14.8. The van der Waals surface area contributed by atoms with Crippen LogP contribution in [-0.4, -0.2) is 9.97 Å². The fourth-order valence-corrected chi connectivity index (χ4v) is 2.16. The molecule has 0 aromatic carbocycles. The SMILES string of the molecule is CCCc1[nH]c2cnccc2c1CCC. The summed E-state index contributed by atoms with van der Waals surface area (Å²) in [5, 5.41) is 1.36. The fourth-order valence-electron chi connectivity index (χ4n) is 2.16. The molecule has 80 valence electrons. The molecule has 0 radical (unpaired) electrons. The van der Waals surface area contributed by atoms with Crippen LogP contribution in [0.1, 0.15) is 37.9 Å². The van der Waals surface area contributed by atoms with E-state index in [-0.39, 0.29) is 0 Å². The van der Waals surface area contributed by atoms with Gasteiger partial charge in [0.25, 0.3) is 0 Å². The van der Waals surface area contributed by atoms with Crippen molar-refractivity contribution in [3.8, 4) is 0 Å². The molecule has 0 saturated heterocycles. The molecule has 2 aromatic rings. The van der Waals surface area contributed by atoms with Crippen molar-refractivity contribution in [2.24, 2.45) is 0 Å². The molecule has 0 spiro atoms. The molecule has 0 atom stereocenters. The average molecular weight is 202 g/mol. The normalized spacial score (nSPS) is 11.1. The molecule has 0 amide bonds. The second kappa shape index (κ2) is 4.47. The third-order valence-corrected chi connectivity index (χ3v) is 2.80. The second-order valence-electron chi connectivity index (χ2n) is 4.00. The Labute approximate surface area is 90.7 Å². The van der Waals surface area contributed by atoms with Crippen molar-refractivity contribution in [3.63, 3.8) is 0 Å². The first-order chi connectivity index (χ1) is 7.36. The maximum atomic E-state index is 4.16. The third-order valence-electron chi connectivity index (χ3n) is 2.80. The minimum atomic E-state index is 1.14. The standard InChI is InChI=1S/C13H18N2/c1-3-5-10-11-7-8-14-9-13(11)15-12(10)6-4-2/h7-9,15H,3-6H2,1-2H3. The van der Waals surface area contributed by atoms with Gasteiger partial charge in [-0.3, -0.25) is 4.98 Å². The van der Waals surface area contributed by atoms with Crippen molar-refractivity contribution in [2.75, 3.05) is 0 Å². The van der Waals surface area contributed by atoms with E-state index in [9.17, 15) is 0 Å². The van der Waals surface area contributed by atoms with Crippen molar-refractivity contribution in [1.29, 1.82) is 0 Å². The summed E-state index contributed by atoms with van der Waals surface area (Å²) in [6.45, 7) is 4.45. The van der Waals surface area contributed by atoms with Gasteiger partial charge in [0.05, 0.1) is 11.7 Å². The van der Waals surface area contributed by atoms with E-state index in [2.05, 4.69) is 29.9 Å². The first-order valence-corrected chi connectivity index (χ1v) is 5.80. The number of aryl methyl sites for hydroxylation is 2. The molecule has 2 rings (SSSR count). The zero-order chi connectivity index (χ0) is 10.7. The van der Waals surface area contributed by atoms with Gasteiger partial charge in [-0.2, -0.15) is 0 Å². The van der Waals surface area contributed by atoms with Gasteiger partial charge in [-0.05, 0) is 24.5 Å². The van der Waals surface area contributed by atoms with Gasteiger partial charge in [-0.15, -0.1) is 0 Å². The van der Waals surface area contributed by atoms with Gasteiger partial charge in [0.1, 0.15) is 0 Å². The van der Waals surface area contributed by atoms with Crippen molar-refractivity contribution >= 4 is 10.9 Å². The lowest BCUT2D eigenvalue weighted by Gasteiger charge is -2.01. The number of aromatic amines is 1. The lowest BCUT2D eigenvalue weighted by Crippen LogP contribution is -1.90. The summed E-state index contributed by atoms with van der Waals surface area (Å²) < 4.78 is 0. The summed E-state index contributed by atoms with van der Waals surface area (Å²) in [5.41, 5.74) is 4.09. The average Bonchev–Trinajstić information content (AvgIpc) is 2.59. The molecule has 1 N–H and O–H groups in total. The lowest BCUT2D eigenvalue weighted by molar-refractivity contribution is 0.850. The Hall–Kier alpha value is -1.31. The van der Waals surface area contributed by atoms with Gasteiger partial charge in [0, 0.05) is 17.3 Å². The fraction of sp³-hybridized carbons (Fsp3) is 0.462. The summed E-state index contributed by atoms with van der Waals surface area (Å²) in [7, 11) is 0. The molecule has 2 heteroatoms. The van der Waals surface area contributed by atoms with Crippen molar-refractivity contribution in [3.05, 3.63) is 29.7 Å². The van der Waals surface area contributed by atoms with Gasteiger partial charge in [-0.1, -0.05) is 26.7 Å².